The average Bonchev–Trinajstić information content (AvgIpc) is 3.15. The van der Waals surface area contributed by atoms with Gasteiger partial charge < -0.3 is 5.11 Å². The Morgan fingerprint density at radius 3 is 2.86 bits per heavy atom. The second kappa shape index (κ2) is 6.29. The minimum atomic E-state index is -0.212. The zero-order chi connectivity index (χ0) is 14.7. The van der Waals surface area contributed by atoms with Gasteiger partial charge in [-0.1, -0.05) is 24.6 Å². The highest BCUT2D eigenvalue weighted by Crippen LogP contribution is 2.36. The molecule has 0 atom stereocenters. The van der Waals surface area contributed by atoms with E-state index >= 15 is 0 Å². The highest BCUT2D eigenvalue weighted by Gasteiger charge is 2.23. The maximum Gasteiger partial charge on any atom is 0.174 e. The standard InChI is InChI=1S/C15H16N4OS/c16-8-13-14(10-20)19(11-4-3-7-17-9-11)15(18-13)21-12-5-1-2-6-12/h3-4,7,9,12,20H,1-2,5-6,10H2. The van der Waals surface area contributed by atoms with Crippen LogP contribution in [0.5, 0.6) is 0 Å². The number of rotatable bonds is 4. The van der Waals surface area contributed by atoms with E-state index in [1.807, 2.05) is 16.7 Å². The zero-order valence-corrected chi connectivity index (χ0v) is 12.4. The van der Waals surface area contributed by atoms with Gasteiger partial charge in [-0.25, -0.2) is 4.98 Å². The van der Waals surface area contributed by atoms with Crippen molar-refractivity contribution in [3.63, 3.8) is 0 Å². The summed E-state index contributed by atoms with van der Waals surface area (Å²) in [5.74, 6) is 0. The van der Waals surface area contributed by atoms with E-state index in [9.17, 15) is 10.4 Å². The number of nitrogens with zero attached hydrogens (tertiary/aromatic N) is 4. The van der Waals surface area contributed by atoms with Crippen molar-refractivity contribution in [1.29, 1.82) is 5.26 Å². The lowest BCUT2D eigenvalue weighted by molar-refractivity contribution is 0.273. The molecule has 0 amide bonds. The number of aliphatic hydroxyl groups is 1. The lowest BCUT2D eigenvalue weighted by Gasteiger charge is -2.12. The van der Waals surface area contributed by atoms with Gasteiger partial charge >= 0.3 is 0 Å². The molecule has 0 bridgehead atoms. The van der Waals surface area contributed by atoms with Crippen molar-refractivity contribution >= 4 is 11.8 Å². The van der Waals surface area contributed by atoms with Crippen molar-refractivity contribution in [2.75, 3.05) is 0 Å². The summed E-state index contributed by atoms with van der Waals surface area (Å²) >= 11 is 1.70. The molecule has 1 aliphatic rings. The van der Waals surface area contributed by atoms with E-state index in [0.29, 0.717) is 16.6 Å². The van der Waals surface area contributed by atoms with Gasteiger partial charge in [0.15, 0.2) is 10.9 Å². The first-order valence-corrected chi connectivity index (χ1v) is 7.91. The SMILES string of the molecule is N#Cc1nc(SC2CCCC2)n(-c2cccnc2)c1CO. The Kier molecular flexibility index (Phi) is 4.23. The van der Waals surface area contributed by atoms with Gasteiger partial charge in [0.05, 0.1) is 24.2 Å². The van der Waals surface area contributed by atoms with Crippen molar-refractivity contribution in [1.82, 2.24) is 14.5 Å². The molecule has 2 heterocycles. The third-order valence-electron chi connectivity index (χ3n) is 3.68. The maximum absolute atomic E-state index is 9.62. The molecule has 1 fully saturated rings. The number of aromatic nitrogens is 3. The summed E-state index contributed by atoms with van der Waals surface area (Å²) in [4.78, 5) is 8.54. The first-order valence-electron chi connectivity index (χ1n) is 7.03. The lowest BCUT2D eigenvalue weighted by atomic mass is 10.3. The van der Waals surface area contributed by atoms with Gasteiger partial charge in [-0.05, 0) is 25.0 Å². The van der Waals surface area contributed by atoms with Gasteiger partial charge in [-0.15, -0.1) is 0 Å². The van der Waals surface area contributed by atoms with Crippen LogP contribution in [0.15, 0.2) is 29.7 Å². The van der Waals surface area contributed by atoms with Gasteiger partial charge in [0.1, 0.15) is 6.07 Å². The molecule has 0 unspecified atom stereocenters. The topological polar surface area (TPSA) is 74.7 Å². The molecule has 2 aromatic rings. The average molecular weight is 300 g/mol. The Morgan fingerprint density at radius 1 is 1.43 bits per heavy atom. The Balaban J connectivity index is 2.05. The molecule has 3 rings (SSSR count). The molecule has 21 heavy (non-hydrogen) atoms. The third-order valence-corrected chi connectivity index (χ3v) is 4.97. The fraction of sp³-hybridized carbons (Fsp3) is 0.400. The number of imidazole rings is 1. The van der Waals surface area contributed by atoms with Crippen LogP contribution >= 0.6 is 11.8 Å². The fourth-order valence-electron chi connectivity index (χ4n) is 2.65. The van der Waals surface area contributed by atoms with Crippen LogP contribution in [-0.2, 0) is 6.61 Å². The first-order chi connectivity index (χ1) is 10.3. The van der Waals surface area contributed by atoms with Crippen molar-refractivity contribution in [2.45, 2.75) is 42.7 Å². The molecule has 0 radical (unpaired) electrons. The number of hydrogen-bond donors (Lipinski definition) is 1. The summed E-state index contributed by atoms with van der Waals surface area (Å²) in [5, 5.41) is 20.2. The summed E-state index contributed by atoms with van der Waals surface area (Å²) in [6, 6.07) is 5.83. The van der Waals surface area contributed by atoms with Crippen LogP contribution in [0, 0.1) is 11.3 Å². The number of aliphatic hydroxyl groups excluding tert-OH is 1. The molecule has 5 nitrogen and oxygen atoms in total. The van der Waals surface area contributed by atoms with Crippen LogP contribution in [0.25, 0.3) is 5.69 Å². The van der Waals surface area contributed by atoms with Crippen LogP contribution in [0.1, 0.15) is 37.1 Å². The summed E-state index contributed by atoms with van der Waals surface area (Å²) in [6.45, 7) is -0.212. The predicted molar refractivity (Wildman–Crippen MR) is 80.1 cm³/mol. The molecule has 2 aromatic heterocycles. The van der Waals surface area contributed by atoms with Gasteiger partial charge in [0.2, 0.25) is 0 Å². The highest BCUT2D eigenvalue weighted by atomic mass is 32.2. The Morgan fingerprint density at radius 2 is 2.24 bits per heavy atom. The number of thioether (sulfide) groups is 1. The van der Waals surface area contributed by atoms with Gasteiger partial charge in [0.25, 0.3) is 0 Å². The molecule has 1 saturated carbocycles. The van der Waals surface area contributed by atoms with Crippen LogP contribution in [0.3, 0.4) is 0 Å². The fourth-order valence-corrected chi connectivity index (χ4v) is 3.99. The van der Waals surface area contributed by atoms with Gasteiger partial charge in [-0.2, -0.15) is 5.26 Å². The second-order valence-electron chi connectivity index (χ2n) is 5.03. The molecule has 0 spiro atoms. The van der Waals surface area contributed by atoms with E-state index in [-0.39, 0.29) is 6.61 Å². The van der Waals surface area contributed by atoms with Gasteiger partial charge in [-0.3, -0.25) is 9.55 Å². The van der Waals surface area contributed by atoms with E-state index in [4.69, 9.17) is 0 Å². The molecule has 0 aliphatic heterocycles. The summed E-state index contributed by atoms with van der Waals surface area (Å²) < 4.78 is 1.86. The van der Waals surface area contributed by atoms with Crippen molar-refractivity contribution in [3.05, 3.63) is 35.9 Å². The Labute approximate surface area is 127 Å². The van der Waals surface area contributed by atoms with Crippen LogP contribution in [-0.4, -0.2) is 24.9 Å². The van der Waals surface area contributed by atoms with E-state index in [1.165, 1.54) is 25.7 Å². The Hall–Kier alpha value is -1.84. The third kappa shape index (κ3) is 2.80. The maximum atomic E-state index is 9.62. The molecule has 108 valence electrons. The van der Waals surface area contributed by atoms with Crippen LogP contribution < -0.4 is 0 Å². The van der Waals surface area contributed by atoms with Crippen LogP contribution in [0.2, 0.25) is 0 Å². The van der Waals surface area contributed by atoms with Crippen molar-refractivity contribution < 1.29 is 5.11 Å². The smallest absolute Gasteiger partial charge is 0.174 e. The number of nitriles is 1. The van der Waals surface area contributed by atoms with E-state index in [1.54, 1.807) is 24.2 Å². The number of hydrogen-bond acceptors (Lipinski definition) is 5. The largest absolute Gasteiger partial charge is 0.390 e. The summed E-state index contributed by atoms with van der Waals surface area (Å²) in [6.07, 6.45) is 8.29. The lowest BCUT2D eigenvalue weighted by Crippen LogP contribution is -2.05. The molecule has 0 saturated heterocycles. The van der Waals surface area contributed by atoms with E-state index < -0.39 is 0 Å². The monoisotopic (exact) mass is 300 g/mol. The summed E-state index contributed by atoms with van der Waals surface area (Å²) in [7, 11) is 0. The minimum absolute atomic E-state index is 0.212. The number of pyridine rings is 1. The highest BCUT2D eigenvalue weighted by molar-refractivity contribution is 7.99. The molecule has 0 aromatic carbocycles. The van der Waals surface area contributed by atoms with E-state index in [2.05, 4.69) is 16.0 Å². The predicted octanol–water partition coefficient (Wildman–Crippen LogP) is 2.67. The van der Waals surface area contributed by atoms with Crippen LogP contribution in [0.4, 0.5) is 0 Å². The van der Waals surface area contributed by atoms with E-state index in [0.717, 1.165) is 10.8 Å². The molecular weight excluding hydrogens is 284 g/mol. The van der Waals surface area contributed by atoms with Crippen molar-refractivity contribution in [3.8, 4) is 11.8 Å². The quantitative estimate of drug-likeness (QED) is 0.939. The molecule has 1 aliphatic carbocycles. The normalized spacial score (nSPS) is 15.2. The first kappa shape index (κ1) is 14.1. The Bertz CT molecular complexity index is 656. The van der Waals surface area contributed by atoms with Crippen molar-refractivity contribution in [2.24, 2.45) is 0 Å². The zero-order valence-electron chi connectivity index (χ0n) is 11.6. The minimum Gasteiger partial charge on any atom is -0.390 e. The molecule has 6 heteroatoms. The molecule has 1 N–H and O–H groups in total. The second-order valence-corrected chi connectivity index (χ2v) is 6.30. The summed E-state index contributed by atoms with van der Waals surface area (Å²) in [5.41, 5.74) is 1.66. The molecular formula is C15H16N4OS. The van der Waals surface area contributed by atoms with Gasteiger partial charge in [0, 0.05) is 11.4 Å².